The average Bonchev–Trinajstić information content (AvgIpc) is 1.81. The fraction of sp³-hybridized carbons (Fsp3) is 0.500. The van der Waals surface area contributed by atoms with Crippen LogP contribution in [0.4, 0.5) is 0 Å². The van der Waals surface area contributed by atoms with Crippen LogP contribution in [0.15, 0.2) is 0 Å². The van der Waals surface area contributed by atoms with Gasteiger partial charge in [-0.1, -0.05) is 0 Å². The molecule has 0 aliphatic carbocycles. The number of hydrogen-bond donors (Lipinski definition) is 4. The van der Waals surface area contributed by atoms with Crippen molar-refractivity contribution in [2.75, 3.05) is 0 Å². The summed E-state index contributed by atoms with van der Waals surface area (Å²) in [7, 11) is 0. The van der Waals surface area contributed by atoms with Gasteiger partial charge in [0.1, 0.15) is 6.04 Å². The van der Waals surface area contributed by atoms with E-state index in [2.05, 4.69) is 0 Å². The van der Waals surface area contributed by atoms with Crippen molar-refractivity contribution in [1.82, 2.24) is 5.48 Å². The minimum atomic E-state index is -1.43. The van der Waals surface area contributed by atoms with E-state index >= 15 is 0 Å². The molecule has 4 N–H and O–H groups in total. The van der Waals surface area contributed by atoms with E-state index in [4.69, 9.17) is 15.4 Å². The summed E-state index contributed by atoms with van der Waals surface area (Å²) in [6.45, 7) is 0. The fourth-order valence-corrected chi connectivity index (χ4v) is 0.363. The normalized spacial score (nSPS) is 11.4. The molecule has 0 rings (SSSR count). The molecule has 0 saturated carbocycles. The fourth-order valence-electron chi connectivity index (χ4n) is 0.363. The largest absolute Gasteiger partial charge is 1.00 e. The van der Waals surface area contributed by atoms with Crippen molar-refractivity contribution in [3.8, 4) is 0 Å². The van der Waals surface area contributed by atoms with Gasteiger partial charge >= 0.3 is 41.5 Å². The van der Waals surface area contributed by atoms with Gasteiger partial charge in [-0.15, -0.1) is 0 Å². The predicted molar refractivity (Wildman–Crippen MR) is 29.7 cm³/mol. The third kappa shape index (κ3) is 6.27. The summed E-state index contributed by atoms with van der Waals surface area (Å²) >= 11 is 0. The van der Waals surface area contributed by atoms with Gasteiger partial charge in [0.25, 0.3) is 0 Å². The van der Waals surface area contributed by atoms with E-state index in [0.717, 1.165) is 0 Å². The van der Waals surface area contributed by atoms with Crippen LogP contribution in [0.25, 0.3) is 0 Å². The molecule has 0 spiro atoms. The van der Waals surface area contributed by atoms with E-state index in [-0.39, 0.29) is 31.0 Å². The van der Waals surface area contributed by atoms with E-state index in [1.165, 1.54) is 5.48 Å². The van der Waals surface area contributed by atoms with Gasteiger partial charge in [-0.25, -0.2) is 0 Å². The summed E-state index contributed by atoms with van der Waals surface area (Å²) in [6, 6.07) is -1.43. The average molecular weight is 173 g/mol. The molecular formula is C4H8NNaO5. The maximum absolute atomic E-state index is 9.98. The molecule has 1 atom stereocenters. The molecule has 0 unspecified atom stereocenters. The van der Waals surface area contributed by atoms with Crippen LogP contribution in [-0.2, 0) is 9.59 Å². The quantitative estimate of drug-likeness (QED) is 0.255. The van der Waals surface area contributed by atoms with Crippen molar-refractivity contribution in [2.24, 2.45) is 0 Å². The van der Waals surface area contributed by atoms with Crippen molar-refractivity contribution in [2.45, 2.75) is 12.5 Å². The summed E-state index contributed by atoms with van der Waals surface area (Å²) in [5, 5.41) is 24.2. The Bertz CT molecular complexity index is 154. The molecule has 0 aromatic carbocycles. The van der Waals surface area contributed by atoms with Crippen molar-refractivity contribution >= 4 is 11.9 Å². The van der Waals surface area contributed by atoms with Gasteiger partial charge in [-0.05, 0) is 0 Å². The van der Waals surface area contributed by atoms with Gasteiger partial charge in [0, 0.05) is 0 Å². The number of carboxylic acids is 2. The van der Waals surface area contributed by atoms with Crippen LogP contribution >= 0.6 is 0 Å². The maximum atomic E-state index is 9.98. The van der Waals surface area contributed by atoms with Crippen LogP contribution in [0.5, 0.6) is 0 Å². The molecule has 0 amide bonds. The second kappa shape index (κ2) is 6.56. The van der Waals surface area contributed by atoms with Crippen LogP contribution < -0.4 is 35.0 Å². The molecule has 0 fully saturated rings. The Morgan fingerprint density at radius 1 is 1.45 bits per heavy atom. The first-order chi connectivity index (χ1) is 4.57. The zero-order valence-electron chi connectivity index (χ0n) is 6.94. The SMILES string of the molecule is O=C(O)C[C@H](NO)C(=O)O.[H-].[Na+]. The van der Waals surface area contributed by atoms with Crippen LogP contribution in [0.2, 0.25) is 0 Å². The minimum Gasteiger partial charge on any atom is -1.00 e. The molecular weight excluding hydrogens is 165 g/mol. The van der Waals surface area contributed by atoms with Crippen molar-refractivity contribution in [3.05, 3.63) is 0 Å². The number of aliphatic carboxylic acids is 2. The Balaban J connectivity index is -0.000000405. The summed E-state index contributed by atoms with van der Waals surface area (Å²) in [5.41, 5.74) is 1.35. The predicted octanol–water partition coefficient (Wildman–Crippen LogP) is -3.99. The van der Waals surface area contributed by atoms with Crippen LogP contribution in [-0.4, -0.2) is 33.4 Å². The van der Waals surface area contributed by atoms with E-state index in [1.807, 2.05) is 0 Å². The van der Waals surface area contributed by atoms with E-state index in [1.54, 1.807) is 0 Å². The zero-order chi connectivity index (χ0) is 8.15. The van der Waals surface area contributed by atoms with Crippen molar-refractivity contribution in [1.29, 1.82) is 0 Å². The molecule has 60 valence electrons. The number of hydroxylamine groups is 1. The van der Waals surface area contributed by atoms with E-state index < -0.39 is 24.4 Å². The molecule has 0 heterocycles. The molecule has 7 heteroatoms. The molecule has 0 aliphatic heterocycles. The summed E-state index contributed by atoms with van der Waals surface area (Å²) in [5.74, 6) is -2.68. The van der Waals surface area contributed by atoms with Gasteiger partial charge in [0.2, 0.25) is 0 Å². The maximum Gasteiger partial charge on any atom is 1.00 e. The van der Waals surface area contributed by atoms with Crippen LogP contribution in [0, 0.1) is 0 Å². The number of carbonyl (C=O) groups is 2. The second-order valence-electron chi connectivity index (χ2n) is 1.62. The summed E-state index contributed by atoms with van der Waals surface area (Å²) in [6.07, 6.45) is -0.647. The van der Waals surface area contributed by atoms with Crippen molar-refractivity contribution < 1.29 is 56.0 Å². The van der Waals surface area contributed by atoms with E-state index in [0.29, 0.717) is 0 Å². The molecule has 0 radical (unpaired) electrons. The molecule has 11 heavy (non-hydrogen) atoms. The van der Waals surface area contributed by atoms with Crippen LogP contribution in [0.1, 0.15) is 7.85 Å². The Hall–Kier alpha value is -0.140. The topological polar surface area (TPSA) is 107 Å². The van der Waals surface area contributed by atoms with Crippen LogP contribution in [0.3, 0.4) is 0 Å². The molecule has 0 aromatic rings. The first kappa shape index (κ1) is 13.4. The summed E-state index contributed by atoms with van der Waals surface area (Å²) < 4.78 is 0. The summed E-state index contributed by atoms with van der Waals surface area (Å²) in [4.78, 5) is 19.8. The Morgan fingerprint density at radius 3 is 2.00 bits per heavy atom. The molecule has 6 nitrogen and oxygen atoms in total. The smallest absolute Gasteiger partial charge is 1.00 e. The molecule has 0 aliphatic rings. The van der Waals surface area contributed by atoms with Crippen molar-refractivity contribution in [3.63, 3.8) is 0 Å². The van der Waals surface area contributed by atoms with Gasteiger partial charge in [-0.2, -0.15) is 5.48 Å². The molecule has 0 aromatic heterocycles. The monoisotopic (exact) mass is 173 g/mol. The molecule has 0 saturated heterocycles. The Morgan fingerprint density at radius 2 is 1.91 bits per heavy atom. The Labute approximate surface area is 85.9 Å². The number of nitrogens with one attached hydrogen (secondary N) is 1. The van der Waals surface area contributed by atoms with Gasteiger partial charge < -0.3 is 16.8 Å². The first-order valence-electron chi connectivity index (χ1n) is 2.42. The zero-order valence-corrected chi connectivity index (χ0v) is 7.94. The number of carboxylic acid groups (broad SMARTS) is 2. The number of rotatable bonds is 4. The third-order valence-electron chi connectivity index (χ3n) is 0.833. The minimum absolute atomic E-state index is 0. The second-order valence-corrected chi connectivity index (χ2v) is 1.62. The first-order valence-corrected chi connectivity index (χ1v) is 2.42. The van der Waals surface area contributed by atoms with Gasteiger partial charge in [-0.3, -0.25) is 9.59 Å². The standard InChI is InChI=1S/C4H7NO5.Na.H/c6-3(7)1-2(5-10)4(8)9;;/h2,5,10H,1H2,(H,6,7)(H,8,9);;/q;+1;-1/t2-;;/m0../s1. The third-order valence-corrected chi connectivity index (χ3v) is 0.833. The molecule has 0 bridgehead atoms. The van der Waals surface area contributed by atoms with Gasteiger partial charge in [0.05, 0.1) is 6.42 Å². The van der Waals surface area contributed by atoms with Gasteiger partial charge in [0.15, 0.2) is 0 Å². The Kier molecular flexibility index (Phi) is 8.02. The van der Waals surface area contributed by atoms with E-state index in [9.17, 15) is 9.59 Å². The number of hydrogen-bond acceptors (Lipinski definition) is 4.